The van der Waals surface area contributed by atoms with Crippen molar-refractivity contribution in [1.82, 2.24) is 9.88 Å². The van der Waals surface area contributed by atoms with Gasteiger partial charge in [0.25, 0.3) is 5.91 Å². The summed E-state index contributed by atoms with van der Waals surface area (Å²) in [5.41, 5.74) is 2.85. The number of aryl methyl sites for hydroxylation is 1. The lowest BCUT2D eigenvalue weighted by atomic mass is 9.75. The fraction of sp³-hybridized carbons (Fsp3) is 0.647. The number of hydrogen-bond acceptors (Lipinski definition) is 3. The molecule has 4 heteroatoms. The number of carbonyl (C=O) groups excluding carboxylic acids is 1. The van der Waals surface area contributed by atoms with Crippen LogP contribution in [0.25, 0.3) is 0 Å². The molecule has 116 valence electrons. The summed E-state index contributed by atoms with van der Waals surface area (Å²) >= 11 is 0. The molecule has 1 aromatic heterocycles. The van der Waals surface area contributed by atoms with E-state index >= 15 is 0 Å². The predicted octanol–water partition coefficient (Wildman–Crippen LogP) is 3.47. The molecule has 0 radical (unpaired) electrons. The topological polar surface area (TPSA) is 45.2 Å². The SMILES string of the molecule is CNc1cc(C)ncc1C(=O)N(C)C1CCC(C)(C)CC1. The van der Waals surface area contributed by atoms with Gasteiger partial charge in [-0.25, -0.2) is 0 Å². The summed E-state index contributed by atoms with van der Waals surface area (Å²) in [6.07, 6.45) is 6.22. The first-order chi connectivity index (χ1) is 9.84. The number of pyridine rings is 1. The lowest BCUT2D eigenvalue weighted by molar-refractivity contribution is 0.0636. The van der Waals surface area contributed by atoms with E-state index in [0.717, 1.165) is 24.2 Å². The van der Waals surface area contributed by atoms with E-state index in [1.165, 1.54) is 12.8 Å². The Balaban J connectivity index is 2.13. The first kappa shape index (κ1) is 15.8. The van der Waals surface area contributed by atoms with Crippen molar-refractivity contribution in [3.8, 4) is 0 Å². The molecule has 0 saturated heterocycles. The zero-order chi connectivity index (χ0) is 15.6. The summed E-state index contributed by atoms with van der Waals surface area (Å²) < 4.78 is 0. The highest BCUT2D eigenvalue weighted by atomic mass is 16.2. The lowest BCUT2D eigenvalue weighted by Gasteiger charge is -2.38. The largest absolute Gasteiger partial charge is 0.387 e. The Morgan fingerprint density at radius 2 is 2.00 bits per heavy atom. The maximum atomic E-state index is 12.7. The molecule has 1 amide bonds. The summed E-state index contributed by atoms with van der Waals surface area (Å²) in [4.78, 5) is 18.9. The maximum absolute atomic E-state index is 12.7. The standard InChI is InChI=1S/C17H27N3O/c1-12-10-15(18-4)14(11-19-12)16(21)20(5)13-6-8-17(2,3)9-7-13/h10-11,13H,6-9H2,1-5H3,(H,18,19). The van der Waals surface area contributed by atoms with Crippen LogP contribution in [0.15, 0.2) is 12.3 Å². The molecule has 0 spiro atoms. The second-order valence-electron chi connectivity index (χ2n) is 6.93. The Morgan fingerprint density at radius 3 is 2.57 bits per heavy atom. The minimum atomic E-state index is 0.0663. The second-order valence-corrected chi connectivity index (χ2v) is 6.93. The van der Waals surface area contributed by atoms with Gasteiger partial charge in [-0.1, -0.05) is 13.8 Å². The minimum absolute atomic E-state index is 0.0663. The summed E-state index contributed by atoms with van der Waals surface area (Å²) in [5, 5.41) is 3.10. The van der Waals surface area contributed by atoms with Crippen LogP contribution in [0.5, 0.6) is 0 Å². The molecule has 4 nitrogen and oxygen atoms in total. The number of hydrogen-bond donors (Lipinski definition) is 1. The molecule has 1 N–H and O–H groups in total. The van der Waals surface area contributed by atoms with E-state index in [4.69, 9.17) is 0 Å². The molecule has 1 aliphatic carbocycles. The minimum Gasteiger partial charge on any atom is -0.387 e. The van der Waals surface area contributed by atoms with E-state index < -0.39 is 0 Å². The molecule has 0 atom stereocenters. The van der Waals surface area contributed by atoms with E-state index in [2.05, 4.69) is 24.1 Å². The van der Waals surface area contributed by atoms with E-state index in [9.17, 15) is 4.79 Å². The smallest absolute Gasteiger partial charge is 0.257 e. The molecular formula is C17H27N3O. The number of rotatable bonds is 3. The molecule has 0 bridgehead atoms. The third-order valence-electron chi connectivity index (χ3n) is 4.72. The van der Waals surface area contributed by atoms with Crippen molar-refractivity contribution in [2.45, 2.75) is 52.5 Å². The average Bonchev–Trinajstić information content (AvgIpc) is 2.45. The Bertz CT molecular complexity index is 515. The van der Waals surface area contributed by atoms with Crippen molar-refractivity contribution in [2.24, 2.45) is 5.41 Å². The number of carbonyl (C=O) groups is 1. The van der Waals surface area contributed by atoms with Crippen molar-refractivity contribution in [3.63, 3.8) is 0 Å². The third-order valence-corrected chi connectivity index (χ3v) is 4.72. The van der Waals surface area contributed by atoms with Crippen molar-refractivity contribution in [2.75, 3.05) is 19.4 Å². The van der Waals surface area contributed by atoms with Crippen LogP contribution in [-0.4, -0.2) is 35.9 Å². The van der Waals surface area contributed by atoms with Crippen LogP contribution in [0.4, 0.5) is 5.69 Å². The third kappa shape index (κ3) is 3.55. The molecule has 1 fully saturated rings. The van der Waals surface area contributed by atoms with Crippen LogP contribution < -0.4 is 5.32 Å². The predicted molar refractivity (Wildman–Crippen MR) is 86.7 cm³/mol. The first-order valence-corrected chi connectivity index (χ1v) is 7.75. The number of nitrogens with zero attached hydrogens (tertiary/aromatic N) is 2. The van der Waals surface area contributed by atoms with Gasteiger partial charge in [-0.2, -0.15) is 0 Å². The molecule has 0 unspecified atom stereocenters. The number of amides is 1. The average molecular weight is 289 g/mol. The molecule has 21 heavy (non-hydrogen) atoms. The second kappa shape index (κ2) is 6.04. The molecule has 0 aliphatic heterocycles. The molecule has 1 heterocycles. The van der Waals surface area contributed by atoms with Crippen LogP contribution in [0.2, 0.25) is 0 Å². The van der Waals surface area contributed by atoms with Gasteiger partial charge in [-0.15, -0.1) is 0 Å². The van der Waals surface area contributed by atoms with E-state index in [1.54, 1.807) is 6.20 Å². The first-order valence-electron chi connectivity index (χ1n) is 7.75. The van der Waals surface area contributed by atoms with Crippen LogP contribution in [0.3, 0.4) is 0 Å². The zero-order valence-electron chi connectivity index (χ0n) is 13.9. The summed E-state index contributed by atoms with van der Waals surface area (Å²) in [6.45, 7) is 6.56. The van der Waals surface area contributed by atoms with Crippen molar-refractivity contribution in [3.05, 3.63) is 23.5 Å². The molecule has 1 aromatic rings. The summed E-state index contributed by atoms with van der Waals surface area (Å²) in [5.74, 6) is 0.0663. The van der Waals surface area contributed by atoms with E-state index in [-0.39, 0.29) is 5.91 Å². The highest BCUT2D eigenvalue weighted by molar-refractivity contribution is 5.99. The Morgan fingerprint density at radius 1 is 1.38 bits per heavy atom. The molecule has 1 saturated carbocycles. The van der Waals surface area contributed by atoms with Gasteiger partial charge in [0.15, 0.2) is 0 Å². The maximum Gasteiger partial charge on any atom is 0.257 e. The quantitative estimate of drug-likeness (QED) is 0.926. The fourth-order valence-electron chi connectivity index (χ4n) is 3.06. The van der Waals surface area contributed by atoms with E-state index in [0.29, 0.717) is 17.0 Å². The van der Waals surface area contributed by atoms with Gasteiger partial charge >= 0.3 is 0 Å². The lowest BCUT2D eigenvalue weighted by Crippen LogP contribution is -2.41. The van der Waals surface area contributed by atoms with Crippen molar-refractivity contribution < 1.29 is 4.79 Å². The Labute approximate surface area is 127 Å². The van der Waals surface area contributed by atoms with Gasteiger partial charge in [0.2, 0.25) is 0 Å². The number of aromatic nitrogens is 1. The summed E-state index contributed by atoms with van der Waals surface area (Å²) in [7, 11) is 3.76. The molecular weight excluding hydrogens is 262 g/mol. The highest BCUT2D eigenvalue weighted by Crippen LogP contribution is 2.37. The Hall–Kier alpha value is -1.58. The van der Waals surface area contributed by atoms with Crippen LogP contribution in [0.1, 0.15) is 55.6 Å². The molecule has 0 aromatic carbocycles. The van der Waals surface area contributed by atoms with Gasteiger partial charge < -0.3 is 10.2 Å². The summed E-state index contributed by atoms with van der Waals surface area (Å²) in [6, 6.07) is 2.27. The van der Waals surface area contributed by atoms with Gasteiger partial charge in [0.05, 0.1) is 11.3 Å². The Kier molecular flexibility index (Phi) is 4.55. The van der Waals surface area contributed by atoms with Gasteiger partial charge in [0.1, 0.15) is 0 Å². The number of anilines is 1. The zero-order valence-corrected chi connectivity index (χ0v) is 13.9. The van der Waals surface area contributed by atoms with Gasteiger partial charge in [-0.05, 0) is 44.1 Å². The van der Waals surface area contributed by atoms with Crippen LogP contribution in [0, 0.1) is 12.3 Å². The van der Waals surface area contributed by atoms with E-state index in [1.807, 2.05) is 32.0 Å². The van der Waals surface area contributed by atoms with Crippen molar-refractivity contribution >= 4 is 11.6 Å². The molecule has 2 rings (SSSR count). The van der Waals surface area contributed by atoms with Gasteiger partial charge in [-0.3, -0.25) is 9.78 Å². The normalized spacial score (nSPS) is 18.3. The van der Waals surface area contributed by atoms with Crippen LogP contribution >= 0.6 is 0 Å². The fourth-order valence-corrected chi connectivity index (χ4v) is 3.06. The van der Waals surface area contributed by atoms with Crippen LogP contribution in [-0.2, 0) is 0 Å². The van der Waals surface area contributed by atoms with Gasteiger partial charge in [0, 0.05) is 32.0 Å². The molecule has 1 aliphatic rings. The number of nitrogens with one attached hydrogen (secondary N) is 1. The van der Waals surface area contributed by atoms with Crippen molar-refractivity contribution in [1.29, 1.82) is 0 Å². The monoisotopic (exact) mass is 289 g/mol. The highest BCUT2D eigenvalue weighted by Gasteiger charge is 2.31.